The lowest BCUT2D eigenvalue weighted by atomic mass is 10.0. The Hall–Kier alpha value is -3.74. The lowest BCUT2D eigenvalue weighted by Gasteiger charge is -2.32. The maximum atomic E-state index is 12.7. The SMILES string of the molecule is CC(C)Oc1ccc(-c2nc(-c3cccc4c3CC[C@@H]4NCC(=O)N3CCN(C)CC3)no2)cc1C#N. The van der Waals surface area contributed by atoms with Crippen LogP contribution in [0.15, 0.2) is 40.9 Å². The van der Waals surface area contributed by atoms with E-state index in [0.29, 0.717) is 35.1 Å². The van der Waals surface area contributed by atoms with Crippen LogP contribution in [-0.4, -0.2) is 71.7 Å². The molecule has 1 aliphatic heterocycles. The molecule has 1 fully saturated rings. The van der Waals surface area contributed by atoms with Gasteiger partial charge < -0.3 is 24.4 Å². The van der Waals surface area contributed by atoms with E-state index >= 15 is 0 Å². The van der Waals surface area contributed by atoms with E-state index < -0.39 is 0 Å². The summed E-state index contributed by atoms with van der Waals surface area (Å²) in [5.74, 6) is 1.56. The number of nitrogens with one attached hydrogen (secondary N) is 1. The Bertz CT molecular complexity index is 1320. The lowest BCUT2D eigenvalue weighted by Crippen LogP contribution is -2.49. The summed E-state index contributed by atoms with van der Waals surface area (Å²) in [7, 11) is 2.09. The molecule has 1 aliphatic carbocycles. The molecule has 192 valence electrons. The molecule has 1 amide bonds. The third-order valence-electron chi connectivity index (χ3n) is 7.00. The second kappa shape index (κ2) is 10.7. The van der Waals surface area contributed by atoms with Crippen LogP contribution in [0.4, 0.5) is 0 Å². The van der Waals surface area contributed by atoms with Crippen molar-refractivity contribution >= 4 is 5.91 Å². The van der Waals surface area contributed by atoms with E-state index in [1.807, 2.05) is 36.9 Å². The number of nitriles is 1. The average molecular weight is 501 g/mol. The van der Waals surface area contributed by atoms with Crippen LogP contribution in [0, 0.1) is 11.3 Å². The zero-order valence-corrected chi connectivity index (χ0v) is 21.5. The molecule has 1 N–H and O–H groups in total. The number of carbonyl (C=O) groups excluding carboxylic acids is 1. The predicted octanol–water partition coefficient (Wildman–Crippen LogP) is 3.41. The molecule has 2 aliphatic rings. The summed E-state index contributed by atoms with van der Waals surface area (Å²) >= 11 is 0. The first-order chi connectivity index (χ1) is 17.9. The number of hydrogen-bond donors (Lipinski definition) is 1. The molecule has 0 unspecified atom stereocenters. The van der Waals surface area contributed by atoms with E-state index in [1.54, 1.807) is 12.1 Å². The number of ether oxygens (including phenoxy) is 1. The Kier molecular flexibility index (Phi) is 7.22. The molecule has 2 aromatic carbocycles. The zero-order valence-electron chi connectivity index (χ0n) is 21.5. The molecule has 5 rings (SSSR count). The Morgan fingerprint density at radius 2 is 2.05 bits per heavy atom. The molecule has 0 spiro atoms. The summed E-state index contributed by atoms with van der Waals surface area (Å²) in [5, 5.41) is 17.3. The van der Waals surface area contributed by atoms with Crippen molar-refractivity contribution in [2.75, 3.05) is 39.8 Å². The molecular weight excluding hydrogens is 468 g/mol. The number of amides is 1. The fourth-order valence-corrected chi connectivity index (χ4v) is 5.01. The number of carbonyl (C=O) groups is 1. The second-order valence-electron chi connectivity index (χ2n) is 9.94. The molecule has 1 atom stereocenters. The first kappa shape index (κ1) is 24.9. The number of benzene rings is 2. The van der Waals surface area contributed by atoms with Gasteiger partial charge in [-0.1, -0.05) is 23.4 Å². The average Bonchev–Trinajstić information content (AvgIpc) is 3.55. The van der Waals surface area contributed by atoms with Crippen LogP contribution in [0.2, 0.25) is 0 Å². The minimum atomic E-state index is -0.0312. The molecule has 0 radical (unpaired) electrons. The summed E-state index contributed by atoms with van der Waals surface area (Å²) in [6.45, 7) is 7.58. The van der Waals surface area contributed by atoms with E-state index in [9.17, 15) is 10.1 Å². The van der Waals surface area contributed by atoms with E-state index in [1.165, 1.54) is 11.1 Å². The maximum Gasteiger partial charge on any atom is 0.258 e. The van der Waals surface area contributed by atoms with Gasteiger partial charge in [0.25, 0.3) is 5.89 Å². The van der Waals surface area contributed by atoms with E-state index in [2.05, 4.69) is 39.5 Å². The molecule has 1 saturated heterocycles. The number of likely N-dealkylation sites (N-methyl/N-ethyl adjacent to an activating group) is 1. The third-order valence-corrected chi connectivity index (χ3v) is 7.00. The molecule has 9 heteroatoms. The van der Waals surface area contributed by atoms with Crippen molar-refractivity contribution in [3.05, 3.63) is 53.1 Å². The Labute approximate surface area is 217 Å². The van der Waals surface area contributed by atoms with Gasteiger partial charge in [-0.2, -0.15) is 10.2 Å². The van der Waals surface area contributed by atoms with E-state index in [-0.39, 0.29) is 18.1 Å². The largest absolute Gasteiger partial charge is 0.490 e. The van der Waals surface area contributed by atoms with Gasteiger partial charge in [0, 0.05) is 43.3 Å². The van der Waals surface area contributed by atoms with E-state index in [0.717, 1.165) is 44.6 Å². The van der Waals surface area contributed by atoms with Gasteiger partial charge in [-0.3, -0.25) is 4.79 Å². The smallest absolute Gasteiger partial charge is 0.258 e. The summed E-state index contributed by atoms with van der Waals surface area (Å²) in [6.07, 6.45) is 1.75. The van der Waals surface area contributed by atoms with Gasteiger partial charge in [0.1, 0.15) is 11.8 Å². The summed E-state index contributed by atoms with van der Waals surface area (Å²) in [6, 6.07) is 13.7. The molecule has 1 aromatic heterocycles. The standard InChI is InChI=1S/C28H32N6O3/c1-18(2)36-25-10-7-19(15-20(25)16-29)28-31-27(32-37-28)23-6-4-5-22-21(23)8-9-24(22)30-17-26(35)34-13-11-33(3)12-14-34/h4-7,10,15,18,24,30H,8-9,11-14,17H2,1-3H3/t24-/m0/s1. The zero-order chi connectivity index (χ0) is 25.9. The van der Waals surface area contributed by atoms with Gasteiger partial charge >= 0.3 is 0 Å². The fraction of sp³-hybridized carbons (Fsp3) is 0.429. The number of piperazine rings is 1. The molecule has 37 heavy (non-hydrogen) atoms. The quantitative estimate of drug-likeness (QED) is 0.526. The molecule has 0 bridgehead atoms. The van der Waals surface area contributed by atoms with Crippen LogP contribution in [0.1, 0.15) is 43.0 Å². The van der Waals surface area contributed by atoms with Crippen molar-refractivity contribution in [1.82, 2.24) is 25.3 Å². The van der Waals surface area contributed by atoms with Crippen molar-refractivity contribution in [3.63, 3.8) is 0 Å². The Balaban J connectivity index is 1.30. The Morgan fingerprint density at radius 3 is 2.81 bits per heavy atom. The fourth-order valence-electron chi connectivity index (χ4n) is 5.01. The van der Waals surface area contributed by atoms with Gasteiger partial charge in [0.2, 0.25) is 11.7 Å². The highest BCUT2D eigenvalue weighted by Gasteiger charge is 2.28. The van der Waals surface area contributed by atoms with Crippen LogP contribution in [0.5, 0.6) is 5.75 Å². The normalized spacial score (nSPS) is 17.6. The Morgan fingerprint density at radius 1 is 1.24 bits per heavy atom. The molecule has 2 heterocycles. The van der Waals surface area contributed by atoms with Gasteiger partial charge in [-0.15, -0.1) is 0 Å². The molecule has 0 saturated carbocycles. The van der Waals surface area contributed by atoms with Crippen molar-refractivity contribution in [3.8, 4) is 34.7 Å². The number of rotatable bonds is 7. The number of nitrogens with zero attached hydrogens (tertiary/aromatic N) is 5. The summed E-state index contributed by atoms with van der Waals surface area (Å²) in [4.78, 5) is 21.5. The van der Waals surface area contributed by atoms with Crippen LogP contribution < -0.4 is 10.1 Å². The van der Waals surface area contributed by atoms with Crippen molar-refractivity contribution < 1.29 is 14.1 Å². The number of hydrogen-bond acceptors (Lipinski definition) is 8. The van der Waals surface area contributed by atoms with Crippen LogP contribution >= 0.6 is 0 Å². The maximum absolute atomic E-state index is 12.7. The van der Waals surface area contributed by atoms with Gasteiger partial charge in [-0.25, -0.2) is 0 Å². The van der Waals surface area contributed by atoms with Gasteiger partial charge in [-0.05, 0) is 63.1 Å². The minimum Gasteiger partial charge on any atom is -0.490 e. The topological polar surface area (TPSA) is 108 Å². The van der Waals surface area contributed by atoms with Crippen molar-refractivity contribution in [2.24, 2.45) is 0 Å². The monoisotopic (exact) mass is 500 g/mol. The molecule has 9 nitrogen and oxygen atoms in total. The van der Waals surface area contributed by atoms with Crippen molar-refractivity contribution in [2.45, 2.75) is 38.8 Å². The van der Waals surface area contributed by atoms with E-state index in [4.69, 9.17) is 9.26 Å². The van der Waals surface area contributed by atoms with Gasteiger partial charge in [0.05, 0.1) is 18.2 Å². The third kappa shape index (κ3) is 5.36. The summed E-state index contributed by atoms with van der Waals surface area (Å²) < 4.78 is 11.3. The number of fused-ring (bicyclic) bond motifs is 1. The highest BCUT2D eigenvalue weighted by Crippen LogP contribution is 2.37. The first-order valence-corrected chi connectivity index (χ1v) is 12.8. The van der Waals surface area contributed by atoms with Crippen molar-refractivity contribution in [1.29, 1.82) is 5.26 Å². The molecular formula is C28H32N6O3. The van der Waals surface area contributed by atoms with Gasteiger partial charge in [0.15, 0.2) is 0 Å². The van der Waals surface area contributed by atoms with Crippen LogP contribution in [0.25, 0.3) is 22.8 Å². The first-order valence-electron chi connectivity index (χ1n) is 12.8. The minimum absolute atomic E-state index is 0.0312. The highest BCUT2D eigenvalue weighted by molar-refractivity contribution is 5.78. The lowest BCUT2D eigenvalue weighted by molar-refractivity contribution is -0.131. The highest BCUT2D eigenvalue weighted by atomic mass is 16.5. The predicted molar refractivity (Wildman–Crippen MR) is 139 cm³/mol. The molecule has 3 aromatic rings. The van der Waals surface area contributed by atoms with Crippen LogP contribution in [0.3, 0.4) is 0 Å². The second-order valence-corrected chi connectivity index (χ2v) is 9.94. The summed E-state index contributed by atoms with van der Waals surface area (Å²) in [5.41, 5.74) is 4.38. The number of aromatic nitrogens is 2. The van der Waals surface area contributed by atoms with Crippen LogP contribution in [-0.2, 0) is 11.2 Å².